The van der Waals surface area contributed by atoms with E-state index in [9.17, 15) is 0 Å². The minimum Gasteiger partial charge on any atom is -0.382 e. The molecule has 5 nitrogen and oxygen atoms in total. The summed E-state index contributed by atoms with van der Waals surface area (Å²) in [4.78, 5) is 13.1. The third-order valence-corrected chi connectivity index (χ3v) is 3.45. The van der Waals surface area contributed by atoms with Gasteiger partial charge in [0.05, 0.1) is 11.0 Å². The first-order valence-electron chi connectivity index (χ1n) is 6.38. The number of aromatic nitrogens is 4. The van der Waals surface area contributed by atoms with Crippen LogP contribution in [0.25, 0.3) is 22.6 Å². The Bertz CT molecular complexity index is 757. The number of benzene rings is 1. The molecule has 0 spiro atoms. The number of imidazole rings is 1. The van der Waals surface area contributed by atoms with Crippen molar-refractivity contribution in [3.05, 3.63) is 36.7 Å². The van der Waals surface area contributed by atoms with Gasteiger partial charge in [-0.1, -0.05) is 12.1 Å². The van der Waals surface area contributed by atoms with Gasteiger partial charge in [-0.2, -0.15) is 0 Å². The summed E-state index contributed by atoms with van der Waals surface area (Å²) in [7, 11) is 0. The van der Waals surface area contributed by atoms with Crippen molar-refractivity contribution < 1.29 is 0 Å². The van der Waals surface area contributed by atoms with Crippen LogP contribution in [0.3, 0.4) is 0 Å². The van der Waals surface area contributed by atoms with Crippen molar-refractivity contribution in [3.8, 4) is 11.5 Å². The zero-order valence-corrected chi connectivity index (χ0v) is 10.3. The molecule has 2 N–H and O–H groups in total. The van der Waals surface area contributed by atoms with Crippen LogP contribution in [0.5, 0.6) is 0 Å². The van der Waals surface area contributed by atoms with Crippen LogP contribution in [0.15, 0.2) is 36.7 Å². The number of fused-ring (bicyclic) bond motifs is 1. The fourth-order valence-electron chi connectivity index (χ4n) is 2.43. The van der Waals surface area contributed by atoms with Gasteiger partial charge in [0, 0.05) is 18.4 Å². The second kappa shape index (κ2) is 3.78. The predicted molar refractivity (Wildman–Crippen MR) is 73.4 cm³/mol. The molecule has 1 fully saturated rings. The molecule has 2 aromatic heterocycles. The maximum atomic E-state index is 5.94. The Kier molecular flexibility index (Phi) is 2.09. The number of nitrogens with two attached hydrogens (primary N) is 1. The number of nitrogens with zero attached hydrogens (tertiary/aromatic N) is 4. The largest absolute Gasteiger partial charge is 0.382 e. The zero-order valence-electron chi connectivity index (χ0n) is 10.3. The molecule has 0 atom stereocenters. The highest BCUT2D eigenvalue weighted by Gasteiger charge is 2.29. The van der Waals surface area contributed by atoms with Crippen molar-refractivity contribution in [2.24, 2.45) is 0 Å². The highest BCUT2D eigenvalue weighted by molar-refractivity contribution is 5.82. The summed E-state index contributed by atoms with van der Waals surface area (Å²) >= 11 is 0. The molecule has 0 aliphatic heterocycles. The smallest absolute Gasteiger partial charge is 0.163 e. The minimum atomic E-state index is 0.430. The Morgan fingerprint density at radius 3 is 2.68 bits per heavy atom. The van der Waals surface area contributed by atoms with E-state index < -0.39 is 0 Å². The van der Waals surface area contributed by atoms with Crippen LogP contribution in [0.1, 0.15) is 18.9 Å². The quantitative estimate of drug-likeness (QED) is 0.759. The Hall–Kier alpha value is -2.43. The summed E-state index contributed by atoms with van der Waals surface area (Å²) in [5, 5.41) is 0. The zero-order chi connectivity index (χ0) is 12.8. The molecule has 2 heterocycles. The van der Waals surface area contributed by atoms with Gasteiger partial charge in [0.1, 0.15) is 5.69 Å². The van der Waals surface area contributed by atoms with Gasteiger partial charge >= 0.3 is 0 Å². The van der Waals surface area contributed by atoms with Crippen LogP contribution in [0.4, 0.5) is 5.82 Å². The van der Waals surface area contributed by atoms with Crippen LogP contribution in [0.2, 0.25) is 0 Å². The lowest BCUT2D eigenvalue weighted by Crippen LogP contribution is -2.03. The summed E-state index contributed by atoms with van der Waals surface area (Å²) in [5.74, 6) is 1.26. The predicted octanol–water partition coefficient (Wildman–Crippen LogP) is 2.41. The van der Waals surface area contributed by atoms with Crippen molar-refractivity contribution in [1.82, 2.24) is 19.5 Å². The Morgan fingerprint density at radius 2 is 1.89 bits per heavy atom. The molecule has 3 aromatic rings. The molecule has 0 radical (unpaired) electrons. The molecule has 1 aromatic carbocycles. The molecule has 5 heteroatoms. The van der Waals surface area contributed by atoms with E-state index >= 15 is 0 Å². The molecule has 0 amide bonds. The SMILES string of the molecule is Nc1nccnc1-c1nc2ccccc2n1C1CC1. The normalized spacial score (nSPS) is 14.9. The van der Waals surface area contributed by atoms with Crippen molar-refractivity contribution in [1.29, 1.82) is 0 Å². The van der Waals surface area contributed by atoms with E-state index in [4.69, 9.17) is 5.73 Å². The van der Waals surface area contributed by atoms with E-state index in [1.54, 1.807) is 12.4 Å². The van der Waals surface area contributed by atoms with Gasteiger partial charge in [-0.15, -0.1) is 0 Å². The average Bonchev–Trinajstić information content (AvgIpc) is 3.19. The van der Waals surface area contributed by atoms with Gasteiger partial charge in [0.25, 0.3) is 0 Å². The van der Waals surface area contributed by atoms with Gasteiger partial charge < -0.3 is 10.3 Å². The Labute approximate surface area is 110 Å². The van der Waals surface area contributed by atoms with E-state index in [-0.39, 0.29) is 0 Å². The monoisotopic (exact) mass is 251 g/mol. The van der Waals surface area contributed by atoms with Crippen LogP contribution in [-0.2, 0) is 0 Å². The van der Waals surface area contributed by atoms with Gasteiger partial charge in [-0.05, 0) is 25.0 Å². The molecule has 1 aliphatic carbocycles. The van der Waals surface area contributed by atoms with Crippen LogP contribution >= 0.6 is 0 Å². The highest BCUT2D eigenvalue weighted by atomic mass is 15.1. The second-order valence-electron chi connectivity index (χ2n) is 4.82. The van der Waals surface area contributed by atoms with Gasteiger partial charge in [0.15, 0.2) is 11.6 Å². The number of hydrogen-bond acceptors (Lipinski definition) is 4. The first kappa shape index (κ1) is 10.5. The van der Waals surface area contributed by atoms with E-state index in [1.165, 1.54) is 12.8 Å². The molecule has 0 bridgehead atoms. The third kappa shape index (κ3) is 1.58. The molecule has 0 saturated heterocycles. The van der Waals surface area contributed by atoms with Gasteiger partial charge in [-0.25, -0.2) is 15.0 Å². The lowest BCUT2D eigenvalue weighted by Gasteiger charge is -2.07. The second-order valence-corrected chi connectivity index (χ2v) is 4.82. The number of para-hydroxylation sites is 2. The fourth-order valence-corrected chi connectivity index (χ4v) is 2.43. The maximum absolute atomic E-state index is 5.94. The molecular weight excluding hydrogens is 238 g/mol. The standard InChI is InChI=1S/C14H13N5/c15-13-12(16-7-8-17-13)14-18-10-3-1-2-4-11(10)19(14)9-5-6-9/h1-4,7-9H,5-6H2,(H2,15,17). The molecule has 4 rings (SSSR count). The highest BCUT2D eigenvalue weighted by Crippen LogP contribution is 2.41. The number of rotatable bonds is 2. The Balaban J connectivity index is 2.04. The van der Waals surface area contributed by atoms with Crippen LogP contribution < -0.4 is 5.73 Å². The van der Waals surface area contributed by atoms with Crippen molar-refractivity contribution >= 4 is 16.9 Å². The lowest BCUT2D eigenvalue weighted by atomic mass is 10.3. The molecule has 1 aliphatic rings. The van der Waals surface area contributed by atoms with E-state index in [0.717, 1.165) is 16.9 Å². The summed E-state index contributed by atoms with van der Waals surface area (Å²) in [6, 6.07) is 8.66. The summed E-state index contributed by atoms with van der Waals surface area (Å²) in [6.45, 7) is 0. The maximum Gasteiger partial charge on any atom is 0.163 e. The van der Waals surface area contributed by atoms with Gasteiger partial charge in [0.2, 0.25) is 0 Å². The van der Waals surface area contributed by atoms with Crippen molar-refractivity contribution in [3.63, 3.8) is 0 Å². The summed E-state index contributed by atoms with van der Waals surface area (Å²) < 4.78 is 2.25. The van der Waals surface area contributed by atoms with E-state index in [2.05, 4.69) is 25.6 Å². The van der Waals surface area contributed by atoms with Crippen molar-refractivity contribution in [2.75, 3.05) is 5.73 Å². The fraction of sp³-hybridized carbons (Fsp3) is 0.214. The van der Waals surface area contributed by atoms with Crippen molar-refractivity contribution in [2.45, 2.75) is 18.9 Å². The average molecular weight is 251 g/mol. The first-order chi connectivity index (χ1) is 9.34. The summed E-state index contributed by atoms with van der Waals surface area (Å²) in [6.07, 6.45) is 5.63. The minimum absolute atomic E-state index is 0.430. The van der Waals surface area contributed by atoms with E-state index in [1.807, 2.05) is 18.2 Å². The number of nitrogen functional groups attached to an aromatic ring is 1. The molecule has 94 valence electrons. The molecule has 0 unspecified atom stereocenters. The number of hydrogen-bond donors (Lipinski definition) is 1. The lowest BCUT2D eigenvalue weighted by molar-refractivity contribution is 0.772. The Morgan fingerprint density at radius 1 is 1.11 bits per heavy atom. The van der Waals surface area contributed by atoms with Crippen LogP contribution in [0, 0.1) is 0 Å². The van der Waals surface area contributed by atoms with E-state index in [0.29, 0.717) is 17.6 Å². The van der Waals surface area contributed by atoms with Gasteiger partial charge in [-0.3, -0.25) is 0 Å². The first-order valence-corrected chi connectivity index (χ1v) is 6.38. The topological polar surface area (TPSA) is 69.6 Å². The number of anilines is 1. The third-order valence-electron chi connectivity index (χ3n) is 3.45. The molecular formula is C14H13N5. The van der Waals surface area contributed by atoms with Crippen LogP contribution in [-0.4, -0.2) is 19.5 Å². The summed E-state index contributed by atoms with van der Waals surface area (Å²) in [5.41, 5.74) is 8.73. The molecule has 19 heavy (non-hydrogen) atoms. The molecule has 1 saturated carbocycles.